The summed E-state index contributed by atoms with van der Waals surface area (Å²) >= 11 is 0. The first-order valence-electron chi connectivity index (χ1n) is 10.5. The number of nitrogens with zero attached hydrogens (tertiary/aromatic N) is 5. The van der Waals surface area contributed by atoms with E-state index in [1.54, 1.807) is 7.05 Å². The summed E-state index contributed by atoms with van der Waals surface area (Å²) in [5.74, 6) is 1.58. The van der Waals surface area contributed by atoms with Gasteiger partial charge in [0.2, 0.25) is 0 Å². The van der Waals surface area contributed by atoms with Crippen molar-refractivity contribution in [3.05, 3.63) is 68.6 Å². The lowest BCUT2D eigenvalue weighted by Gasteiger charge is -2.29. The van der Waals surface area contributed by atoms with Crippen molar-refractivity contribution in [2.45, 2.75) is 32.9 Å². The van der Waals surface area contributed by atoms with Crippen molar-refractivity contribution >= 4 is 17.2 Å². The maximum atomic E-state index is 13.0. The van der Waals surface area contributed by atoms with E-state index in [-0.39, 0.29) is 11.2 Å². The molecule has 7 nitrogen and oxygen atoms in total. The molecule has 0 radical (unpaired) electrons. The molecule has 3 heterocycles. The van der Waals surface area contributed by atoms with Crippen LogP contribution in [0.2, 0.25) is 0 Å². The smallest absolute Gasteiger partial charge is 0.317 e. The molecule has 4 rings (SSSR count). The van der Waals surface area contributed by atoms with Gasteiger partial charge in [0.05, 0.1) is 6.54 Å². The molecule has 2 aromatic heterocycles. The maximum absolute atomic E-state index is 13.0. The van der Waals surface area contributed by atoms with Gasteiger partial charge in [-0.05, 0) is 37.4 Å². The maximum Gasteiger partial charge on any atom is 0.332 e. The number of fused-ring (bicyclic) bond motifs is 1. The molecule has 3 aromatic rings. The number of benzene rings is 1. The van der Waals surface area contributed by atoms with Crippen LogP contribution in [0.5, 0.6) is 0 Å². The molecular weight excluding hydrogens is 378 g/mol. The molecule has 0 unspecified atom stereocenters. The normalized spacial score (nSPS) is 16.1. The van der Waals surface area contributed by atoms with E-state index < -0.39 is 0 Å². The lowest BCUT2D eigenvalue weighted by molar-refractivity contribution is 0.180. The molecule has 0 atom stereocenters. The number of hydrogen-bond donors (Lipinski definition) is 0. The van der Waals surface area contributed by atoms with Crippen molar-refractivity contribution in [1.82, 2.24) is 23.6 Å². The van der Waals surface area contributed by atoms with Crippen LogP contribution in [0.4, 0.5) is 0 Å². The van der Waals surface area contributed by atoms with Crippen LogP contribution in [0, 0.1) is 5.92 Å². The third kappa shape index (κ3) is 3.89. The molecular formula is C23H29N5O2. The van der Waals surface area contributed by atoms with Crippen molar-refractivity contribution in [2.75, 3.05) is 13.1 Å². The summed E-state index contributed by atoms with van der Waals surface area (Å²) in [7, 11) is 3.20. The van der Waals surface area contributed by atoms with Gasteiger partial charge in [0, 0.05) is 20.6 Å². The quantitative estimate of drug-likeness (QED) is 0.651. The van der Waals surface area contributed by atoms with Crippen LogP contribution in [0.15, 0.2) is 46.0 Å². The topological polar surface area (TPSA) is 65.1 Å². The van der Waals surface area contributed by atoms with Crippen LogP contribution in [0.1, 0.15) is 31.2 Å². The van der Waals surface area contributed by atoms with Crippen molar-refractivity contribution in [3.8, 4) is 0 Å². The van der Waals surface area contributed by atoms with Crippen molar-refractivity contribution < 1.29 is 0 Å². The van der Waals surface area contributed by atoms with Crippen molar-refractivity contribution in [1.29, 1.82) is 0 Å². The summed E-state index contributed by atoms with van der Waals surface area (Å²) in [6.45, 7) is 5.55. The average Bonchev–Trinajstić information content (AvgIpc) is 3.11. The fourth-order valence-electron chi connectivity index (χ4n) is 4.09. The van der Waals surface area contributed by atoms with Gasteiger partial charge < -0.3 is 4.57 Å². The van der Waals surface area contributed by atoms with Crippen LogP contribution in [-0.2, 0) is 27.2 Å². The predicted molar refractivity (Wildman–Crippen MR) is 119 cm³/mol. The van der Waals surface area contributed by atoms with E-state index in [4.69, 9.17) is 4.98 Å². The Morgan fingerprint density at radius 2 is 1.77 bits per heavy atom. The molecule has 1 fully saturated rings. The fraction of sp³-hybridized carbons (Fsp3) is 0.435. The molecule has 0 aliphatic carbocycles. The van der Waals surface area contributed by atoms with E-state index in [9.17, 15) is 9.59 Å². The van der Waals surface area contributed by atoms with E-state index in [0.29, 0.717) is 24.3 Å². The minimum Gasteiger partial charge on any atom is -0.317 e. The van der Waals surface area contributed by atoms with Gasteiger partial charge in [0.1, 0.15) is 5.82 Å². The highest BCUT2D eigenvalue weighted by Gasteiger charge is 2.22. The summed E-state index contributed by atoms with van der Waals surface area (Å²) in [5, 5.41) is 0. The molecule has 1 aliphatic heterocycles. The Bertz CT molecular complexity index is 1180. The third-order valence-corrected chi connectivity index (χ3v) is 6.07. The molecule has 1 aliphatic rings. The van der Waals surface area contributed by atoms with E-state index in [0.717, 1.165) is 35.0 Å². The molecule has 1 saturated heterocycles. The van der Waals surface area contributed by atoms with Crippen LogP contribution >= 0.6 is 0 Å². The first-order chi connectivity index (χ1) is 14.5. The van der Waals surface area contributed by atoms with Gasteiger partial charge in [0.25, 0.3) is 5.56 Å². The average molecular weight is 408 g/mol. The number of aryl methyl sites for hydroxylation is 1. The lowest BCUT2D eigenvalue weighted by Crippen LogP contribution is -2.37. The van der Waals surface area contributed by atoms with Gasteiger partial charge in [-0.1, -0.05) is 49.4 Å². The third-order valence-electron chi connectivity index (χ3n) is 6.07. The summed E-state index contributed by atoms with van der Waals surface area (Å²) in [5.41, 5.74) is 1.39. The van der Waals surface area contributed by atoms with Crippen LogP contribution in [0.25, 0.3) is 17.2 Å². The van der Waals surface area contributed by atoms with E-state index in [2.05, 4.69) is 11.8 Å². The molecule has 7 heteroatoms. The highest BCUT2D eigenvalue weighted by atomic mass is 16.2. The summed E-state index contributed by atoms with van der Waals surface area (Å²) in [6, 6.07) is 10.1. The molecule has 0 amide bonds. The van der Waals surface area contributed by atoms with Gasteiger partial charge in [-0.2, -0.15) is 0 Å². The minimum atomic E-state index is -0.352. The zero-order valence-electron chi connectivity index (χ0n) is 17.9. The zero-order chi connectivity index (χ0) is 21.3. The summed E-state index contributed by atoms with van der Waals surface area (Å²) < 4.78 is 4.60. The molecule has 0 bridgehead atoms. The number of likely N-dealkylation sites (tertiary alicyclic amines) is 1. The van der Waals surface area contributed by atoms with Gasteiger partial charge in [-0.15, -0.1) is 0 Å². The zero-order valence-corrected chi connectivity index (χ0v) is 17.9. The van der Waals surface area contributed by atoms with E-state index >= 15 is 0 Å². The van der Waals surface area contributed by atoms with Gasteiger partial charge >= 0.3 is 5.69 Å². The molecule has 158 valence electrons. The molecule has 0 saturated carbocycles. The number of hydrogen-bond acceptors (Lipinski definition) is 4. The summed E-state index contributed by atoms with van der Waals surface area (Å²) in [4.78, 5) is 32.5. The lowest BCUT2D eigenvalue weighted by atomic mass is 9.99. The minimum absolute atomic E-state index is 0.299. The van der Waals surface area contributed by atoms with Crippen molar-refractivity contribution in [3.63, 3.8) is 0 Å². The first kappa shape index (κ1) is 20.3. The molecule has 0 N–H and O–H groups in total. The Balaban J connectivity index is 1.75. The predicted octanol–water partition coefficient (Wildman–Crippen LogP) is 2.38. The first-order valence-corrected chi connectivity index (χ1v) is 10.5. The fourth-order valence-corrected chi connectivity index (χ4v) is 4.09. The van der Waals surface area contributed by atoms with E-state index in [1.165, 1.54) is 24.5 Å². The number of piperidine rings is 1. The summed E-state index contributed by atoms with van der Waals surface area (Å²) in [6.07, 6.45) is 6.44. The van der Waals surface area contributed by atoms with Gasteiger partial charge in [-0.3, -0.25) is 18.8 Å². The highest BCUT2D eigenvalue weighted by molar-refractivity contribution is 5.71. The monoisotopic (exact) mass is 407 g/mol. The Morgan fingerprint density at radius 1 is 1.07 bits per heavy atom. The molecule has 0 spiro atoms. The standard InChI is InChI=1S/C23H29N5O2/c1-17-11-14-27(15-12-17)16-19-24-21-20(22(29)26(3)23(30)25(21)2)28(19)13-7-10-18-8-5-4-6-9-18/h4-10,17H,11-16H2,1-3H3. The second kappa shape index (κ2) is 8.44. The van der Waals surface area contributed by atoms with Crippen LogP contribution < -0.4 is 11.2 Å². The SMILES string of the molecule is CC1CCN(Cc2nc3c(c(=O)n(C)c(=O)n3C)n2CC=Cc2ccccc2)CC1. The molecule has 1 aromatic carbocycles. The van der Waals surface area contributed by atoms with Crippen LogP contribution in [0.3, 0.4) is 0 Å². The van der Waals surface area contributed by atoms with Crippen molar-refractivity contribution in [2.24, 2.45) is 20.0 Å². The van der Waals surface area contributed by atoms with Crippen LogP contribution in [-0.4, -0.2) is 36.7 Å². The number of imidazole rings is 1. The largest absolute Gasteiger partial charge is 0.332 e. The van der Waals surface area contributed by atoms with E-state index in [1.807, 2.05) is 47.1 Å². The Labute approximate surface area is 175 Å². The number of allylic oxidation sites excluding steroid dienone is 1. The highest BCUT2D eigenvalue weighted by Crippen LogP contribution is 2.20. The van der Waals surface area contributed by atoms with Gasteiger partial charge in [0.15, 0.2) is 11.2 Å². The number of rotatable bonds is 5. The molecule has 30 heavy (non-hydrogen) atoms. The Kier molecular flexibility index (Phi) is 5.72. The Morgan fingerprint density at radius 3 is 2.47 bits per heavy atom. The Hall–Kier alpha value is -2.93. The number of aromatic nitrogens is 4. The second-order valence-electron chi connectivity index (χ2n) is 8.29. The second-order valence-corrected chi connectivity index (χ2v) is 8.29. The van der Waals surface area contributed by atoms with Gasteiger partial charge in [-0.25, -0.2) is 9.78 Å².